The first-order valence-electron chi connectivity index (χ1n) is 17.4. The maximum absolute atomic E-state index is 5.30. The van der Waals surface area contributed by atoms with Crippen molar-refractivity contribution < 1.29 is 0 Å². The molecular weight excluding hydrogens is 621 g/mol. The van der Waals surface area contributed by atoms with Crippen LogP contribution in [0, 0.1) is 0 Å². The van der Waals surface area contributed by atoms with Crippen molar-refractivity contribution in [2.24, 2.45) is 9.98 Å². The summed E-state index contributed by atoms with van der Waals surface area (Å²) in [5, 5.41) is 10.9. The minimum absolute atomic E-state index is 0.456. The van der Waals surface area contributed by atoms with E-state index in [1.54, 1.807) is 0 Å². The molecule has 0 aliphatic carbocycles. The summed E-state index contributed by atoms with van der Waals surface area (Å²) in [5.74, 6) is 1.62. The highest BCUT2D eigenvalue weighted by Crippen LogP contribution is 2.40. The van der Waals surface area contributed by atoms with Gasteiger partial charge in [-0.15, -0.1) is 0 Å². The van der Waals surface area contributed by atoms with Crippen molar-refractivity contribution in [2.75, 3.05) is 0 Å². The SMILES string of the molecule is c1ccc(C2=NC(c3c(-c4ccc(-n5c6ccccc6c6c7ccccc7ccc65)cc4)ccc4ccccc34)N=C(c3ccccc3)N2)cc1. The van der Waals surface area contributed by atoms with Gasteiger partial charge in [0.2, 0.25) is 0 Å². The van der Waals surface area contributed by atoms with E-state index in [-0.39, 0.29) is 0 Å². The summed E-state index contributed by atoms with van der Waals surface area (Å²) in [4.78, 5) is 10.6. The van der Waals surface area contributed by atoms with E-state index in [1.807, 2.05) is 36.4 Å². The molecule has 0 unspecified atom stereocenters. The van der Waals surface area contributed by atoms with Gasteiger partial charge in [0.25, 0.3) is 0 Å². The first-order chi connectivity index (χ1) is 25.3. The second kappa shape index (κ2) is 12.0. The number of rotatable bonds is 5. The summed E-state index contributed by atoms with van der Waals surface area (Å²) in [6, 6.07) is 64.5. The molecule has 0 saturated heterocycles. The number of para-hydroxylation sites is 1. The van der Waals surface area contributed by atoms with Crippen molar-refractivity contribution in [1.29, 1.82) is 0 Å². The molecule has 1 aliphatic rings. The molecule has 8 aromatic carbocycles. The molecule has 0 saturated carbocycles. The lowest BCUT2D eigenvalue weighted by atomic mass is 9.92. The van der Waals surface area contributed by atoms with Crippen molar-refractivity contribution in [3.05, 3.63) is 199 Å². The molecular formula is C47H32N4. The Balaban J connectivity index is 1.15. The van der Waals surface area contributed by atoms with E-state index in [0.29, 0.717) is 0 Å². The second-order valence-electron chi connectivity index (χ2n) is 13.0. The topological polar surface area (TPSA) is 41.7 Å². The van der Waals surface area contributed by atoms with E-state index >= 15 is 0 Å². The van der Waals surface area contributed by atoms with Crippen molar-refractivity contribution in [3.8, 4) is 16.8 Å². The lowest BCUT2D eigenvalue weighted by Gasteiger charge is -2.25. The van der Waals surface area contributed by atoms with E-state index in [4.69, 9.17) is 9.98 Å². The maximum Gasteiger partial charge on any atom is 0.170 e. The first kappa shape index (κ1) is 29.2. The molecule has 1 aliphatic heterocycles. The van der Waals surface area contributed by atoms with Crippen LogP contribution in [0.5, 0.6) is 0 Å². The zero-order chi connectivity index (χ0) is 33.7. The number of aliphatic imine (C=N–C) groups is 2. The predicted octanol–water partition coefficient (Wildman–Crippen LogP) is 11.3. The second-order valence-corrected chi connectivity index (χ2v) is 13.0. The van der Waals surface area contributed by atoms with Crippen LogP contribution in [0.3, 0.4) is 0 Å². The molecule has 10 rings (SSSR count). The van der Waals surface area contributed by atoms with Gasteiger partial charge in [-0.25, -0.2) is 9.98 Å². The molecule has 1 N–H and O–H groups in total. The van der Waals surface area contributed by atoms with E-state index in [1.165, 1.54) is 32.6 Å². The first-order valence-corrected chi connectivity index (χ1v) is 17.4. The molecule has 4 heteroatoms. The smallest absolute Gasteiger partial charge is 0.170 e. The molecule has 0 amide bonds. The predicted molar refractivity (Wildman–Crippen MR) is 213 cm³/mol. The maximum atomic E-state index is 5.30. The summed E-state index contributed by atoms with van der Waals surface area (Å²) in [6.07, 6.45) is -0.456. The number of hydrogen-bond acceptors (Lipinski definition) is 3. The Morgan fingerprint density at radius 1 is 0.412 bits per heavy atom. The summed E-state index contributed by atoms with van der Waals surface area (Å²) in [5.41, 5.74) is 8.90. The Morgan fingerprint density at radius 3 is 1.65 bits per heavy atom. The van der Waals surface area contributed by atoms with Gasteiger partial charge >= 0.3 is 0 Å². The molecule has 1 aromatic heterocycles. The fraction of sp³-hybridized carbons (Fsp3) is 0.0213. The fourth-order valence-electron chi connectivity index (χ4n) is 7.70. The third-order valence-electron chi connectivity index (χ3n) is 10.1. The van der Waals surface area contributed by atoms with Crippen LogP contribution in [0.2, 0.25) is 0 Å². The van der Waals surface area contributed by atoms with Crippen LogP contribution in [-0.2, 0) is 0 Å². The normalized spacial score (nSPS) is 13.4. The number of amidine groups is 2. The monoisotopic (exact) mass is 652 g/mol. The van der Waals surface area contributed by atoms with Gasteiger partial charge in [0.15, 0.2) is 6.17 Å². The third kappa shape index (κ3) is 4.92. The van der Waals surface area contributed by atoms with Gasteiger partial charge in [-0.1, -0.05) is 158 Å². The largest absolute Gasteiger partial charge is 0.324 e. The molecule has 2 heterocycles. The number of aromatic nitrogens is 1. The van der Waals surface area contributed by atoms with Crippen LogP contribution in [-0.4, -0.2) is 16.2 Å². The molecule has 9 aromatic rings. The fourth-order valence-corrected chi connectivity index (χ4v) is 7.70. The number of benzene rings is 8. The molecule has 240 valence electrons. The molecule has 4 nitrogen and oxygen atoms in total. The van der Waals surface area contributed by atoms with E-state index < -0.39 is 6.17 Å². The zero-order valence-electron chi connectivity index (χ0n) is 27.7. The molecule has 0 spiro atoms. The number of nitrogens with zero attached hydrogens (tertiary/aromatic N) is 3. The van der Waals surface area contributed by atoms with Crippen LogP contribution in [0.1, 0.15) is 22.9 Å². The van der Waals surface area contributed by atoms with Gasteiger partial charge in [0, 0.05) is 33.2 Å². The third-order valence-corrected chi connectivity index (χ3v) is 10.1. The molecule has 0 atom stereocenters. The highest BCUT2D eigenvalue weighted by molar-refractivity contribution is 6.21. The van der Waals surface area contributed by atoms with Gasteiger partial charge in [0.05, 0.1) is 11.0 Å². The number of nitrogens with one attached hydrogen (secondary N) is 1. The summed E-state index contributed by atoms with van der Waals surface area (Å²) >= 11 is 0. The summed E-state index contributed by atoms with van der Waals surface area (Å²) in [7, 11) is 0. The van der Waals surface area contributed by atoms with Crippen molar-refractivity contribution >= 4 is 55.0 Å². The van der Waals surface area contributed by atoms with E-state index in [2.05, 4.69) is 155 Å². The molecule has 0 bridgehead atoms. The van der Waals surface area contributed by atoms with Gasteiger partial charge in [-0.2, -0.15) is 0 Å². The highest BCUT2D eigenvalue weighted by atomic mass is 15.2. The number of fused-ring (bicyclic) bond motifs is 6. The summed E-state index contributed by atoms with van der Waals surface area (Å²) in [6.45, 7) is 0. The lowest BCUT2D eigenvalue weighted by Crippen LogP contribution is -2.36. The van der Waals surface area contributed by atoms with E-state index in [0.717, 1.165) is 55.9 Å². The Morgan fingerprint density at radius 2 is 0.961 bits per heavy atom. The lowest BCUT2D eigenvalue weighted by molar-refractivity contribution is 0.764. The van der Waals surface area contributed by atoms with Gasteiger partial charge in [0.1, 0.15) is 11.7 Å². The van der Waals surface area contributed by atoms with Crippen molar-refractivity contribution in [2.45, 2.75) is 6.17 Å². The van der Waals surface area contributed by atoms with E-state index in [9.17, 15) is 0 Å². The van der Waals surface area contributed by atoms with Crippen LogP contribution in [0.15, 0.2) is 192 Å². The Labute approximate surface area is 295 Å². The Bertz CT molecular complexity index is 2760. The average molecular weight is 653 g/mol. The van der Waals surface area contributed by atoms with Crippen molar-refractivity contribution in [1.82, 2.24) is 9.88 Å². The quantitative estimate of drug-likeness (QED) is 0.197. The van der Waals surface area contributed by atoms with Crippen LogP contribution < -0.4 is 5.32 Å². The number of hydrogen-bond donors (Lipinski definition) is 1. The van der Waals surface area contributed by atoms with Crippen LogP contribution in [0.4, 0.5) is 0 Å². The minimum atomic E-state index is -0.456. The average Bonchev–Trinajstić information content (AvgIpc) is 3.56. The Hall–Kier alpha value is -6.78. The standard InChI is InChI=1S/C47H32N4/c1-3-15-34(16-4-1)45-48-46(35-17-5-2-6-18-35)50-47(49-45)44-38-20-10-8-13-31(38)25-29-39(44)33-23-27-36(28-24-33)51-41-22-12-11-21-40(41)43-37-19-9-7-14-32(37)26-30-42(43)51/h1-30,47H,(H,48,49,50). The minimum Gasteiger partial charge on any atom is -0.324 e. The van der Waals surface area contributed by atoms with Crippen LogP contribution in [0.25, 0.3) is 60.2 Å². The zero-order valence-corrected chi connectivity index (χ0v) is 27.7. The van der Waals surface area contributed by atoms with Gasteiger partial charge in [-0.3, -0.25) is 0 Å². The molecule has 0 radical (unpaired) electrons. The highest BCUT2D eigenvalue weighted by Gasteiger charge is 2.25. The van der Waals surface area contributed by atoms with Crippen LogP contribution >= 0.6 is 0 Å². The van der Waals surface area contributed by atoms with Gasteiger partial charge < -0.3 is 9.88 Å². The van der Waals surface area contributed by atoms with Gasteiger partial charge in [-0.05, 0) is 56.9 Å². The Kier molecular flexibility index (Phi) is 6.85. The van der Waals surface area contributed by atoms with Crippen molar-refractivity contribution in [3.63, 3.8) is 0 Å². The molecule has 0 fully saturated rings. The summed E-state index contributed by atoms with van der Waals surface area (Å²) < 4.78 is 2.39. The molecule has 51 heavy (non-hydrogen) atoms.